The fourth-order valence-corrected chi connectivity index (χ4v) is 3.73. The molecular weight excluding hydrogens is 320 g/mol. The molecule has 0 bridgehead atoms. The van der Waals surface area contributed by atoms with Gasteiger partial charge < -0.3 is 4.74 Å². The first-order valence-corrected chi connectivity index (χ1v) is 8.87. The summed E-state index contributed by atoms with van der Waals surface area (Å²) in [7, 11) is 1.46. The summed E-state index contributed by atoms with van der Waals surface area (Å²) in [5.41, 5.74) is 3.51. The molecule has 0 heterocycles. The second-order valence-electron chi connectivity index (χ2n) is 6.96. The molecule has 2 rings (SSSR count). The van der Waals surface area contributed by atoms with Gasteiger partial charge in [-0.25, -0.2) is 4.79 Å². The van der Waals surface area contributed by atoms with Crippen molar-refractivity contribution in [1.82, 2.24) is 0 Å². The van der Waals surface area contributed by atoms with Crippen molar-refractivity contribution in [2.24, 2.45) is 11.8 Å². The molecule has 1 aliphatic carbocycles. The minimum atomic E-state index is -0.827. The van der Waals surface area contributed by atoms with Gasteiger partial charge in [0.15, 0.2) is 12.1 Å². The maximum absolute atomic E-state index is 13.3. The van der Waals surface area contributed by atoms with Crippen LogP contribution in [-0.2, 0) is 19.3 Å². The minimum absolute atomic E-state index is 0.00144. The van der Waals surface area contributed by atoms with Crippen molar-refractivity contribution in [3.63, 3.8) is 0 Å². The Balaban J connectivity index is 2.29. The molecule has 138 valence electrons. The Morgan fingerprint density at radius 1 is 1.08 bits per heavy atom. The third kappa shape index (κ3) is 4.67. The number of benzene rings is 1. The molecule has 0 aliphatic heterocycles. The lowest BCUT2D eigenvalue weighted by atomic mass is 9.82. The van der Waals surface area contributed by atoms with Crippen molar-refractivity contribution in [2.45, 2.75) is 59.7 Å². The minimum Gasteiger partial charge on any atom is -0.352 e. The maximum atomic E-state index is 13.3. The largest absolute Gasteiger partial charge is 0.353 e. The lowest BCUT2D eigenvalue weighted by Crippen LogP contribution is -2.33. The molecule has 25 heavy (non-hydrogen) atoms. The number of hydrogen-bond acceptors (Lipinski definition) is 5. The number of aryl methyl sites for hydroxylation is 3. The smallest absolute Gasteiger partial charge is 0.352 e. The summed E-state index contributed by atoms with van der Waals surface area (Å²) in [5.74, 6) is -1.62. The quantitative estimate of drug-likeness (QED) is 0.244. The predicted molar refractivity (Wildman–Crippen MR) is 94.1 cm³/mol. The molecule has 5 nitrogen and oxygen atoms in total. The summed E-state index contributed by atoms with van der Waals surface area (Å²) in [4.78, 5) is 35.7. The molecule has 0 radical (unpaired) electrons. The number of carbonyl (C=O) groups excluding carboxylic acids is 2. The number of hydrogen-bond donors (Lipinski definition) is 0. The molecule has 1 aromatic rings. The van der Waals surface area contributed by atoms with E-state index in [1.165, 1.54) is 7.11 Å². The molecule has 0 aromatic heterocycles. The fourth-order valence-electron chi connectivity index (χ4n) is 3.73. The second kappa shape index (κ2) is 8.59. The van der Waals surface area contributed by atoms with Gasteiger partial charge in [0.05, 0.1) is 0 Å². The molecule has 1 aliphatic rings. The SMILES string of the molecule is COC(C)OOC(=O)C(C(=O)c1c(C)cc(C)cc1C)C1CCCC1. The van der Waals surface area contributed by atoms with E-state index in [-0.39, 0.29) is 11.7 Å². The van der Waals surface area contributed by atoms with Crippen molar-refractivity contribution >= 4 is 11.8 Å². The van der Waals surface area contributed by atoms with Crippen LogP contribution in [-0.4, -0.2) is 25.2 Å². The van der Waals surface area contributed by atoms with E-state index in [2.05, 4.69) is 0 Å². The van der Waals surface area contributed by atoms with E-state index >= 15 is 0 Å². The molecule has 0 N–H and O–H groups in total. The highest BCUT2D eigenvalue weighted by atomic mass is 17.2. The zero-order chi connectivity index (χ0) is 18.6. The number of carbonyl (C=O) groups is 2. The fraction of sp³-hybridized carbons (Fsp3) is 0.600. The van der Waals surface area contributed by atoms with Crippen molar-refractivity contribution in [1.29, 1.82) is 0 Å². The number of ketones is 1. The Morgan fingerprint density at radius 2 is 1.64 bits per heavy atom. The molecule has 1 saturated carbocycles. The van der Waals surface area contributed by atoms with E-state index in [1.54, 1.807) is 6.92 Å². The molecule has 0 amide bonds. The first kappa shape index (κ1) is 19.6. The van der Waals surface area contributed by atoms with Crippen LogP contribution in [0, 0.1) is 32.6 Å². The second-order valence-corrected chi connectivity index (χ2v) is 6.96. The Morgan fingerprint density at radius 3 is 2.16 bits per heavy atom. The summed E-state index contributed by atoms with van der Waals surface area (Å²) in [5, 5.41) is 0. The summed E-state index contributed by atoms with van der Waals surface area (Å²) < 4.78 is 4.92. The van der Waals surface area contributed by atoms with Gasteiger partial charge in [-0.15, -0.1) is 0 Å². The van der Waals surface area contributed by atoms with E-state index in [4.69, 9.17) is 14.5 Å². The monoisotopic (exact) mass is 348 g/mol. The zero-order valence-corrected chi connectivity index (χ0v) is 15.8. The van der Waals surface area contributed by atoms with E-state index in [9.17, 15) is 9.59 Å². The summed E-state index contributed by atoms with van der Waals surface area (Å²) in [6, 6.07) is 3.95. The van der Waals surface area contributed by atoms with Gasteiger partial charge in [0, 0.05) is 12.7 Å². The molecule has 5 heteroatoms. The standard InChI is InChI=1S/C20H28O5/c1-12-10-13(2)17(14(3)11-12)19(21)18(16-8-6-7-9-16)20(22)25-24-15(4)23-5/h10-11,15-16,18H,6-9H2,1-5H3. The number of rotatable bonds is 7. The average molecular weight is 348 g/mol. The molecular formula is C20H28O5. The predicted octanol–water partition coefficient (Wildman–Crippen LogP) is 4.07. The highest BCUT2D eigenvalue weighted by Crippen LogP contribution is 2.35. The van der Waals surface area contributed by atoms with Crippen molar-refractivity contribution < 1.29 is 24.1 Å². The Labute approximate surface area is 149 Å². The summed E-state index contributed by atoms with van der Waals surface area (Å²) in [6.45, 7) is 7.44. The third-order valence-corrected chi connectivity index (χ3v) is 4.93. The molecule has 0 saturated heterocycles. The van der Waals surface area contributed by atoms with Crippen LogP contribution in [0.4, 0.5) is 0 Å². The van der Waals surface area contributed by atoms with Gasteiger partial charge in [-0.2, -0.15) is 4.89 Å². The molecule has 1 fully saturated rings. The van der Waals surface area contributed by atoms with Crippen molar-refractivity contribution in [3.8, 4) is 0 Å². The number of methoxy groups -OCH3 is 1. The van der Waals surface area contributed by atoms with Gasteiger partial charge in [0.2, 0.25) is 0 Å². The number of Topliss-reactive ketones (excluding diaryl/α,β-unsaturated/α-hetero) is 1. The van der Waals surface area contributed by atoms with Gasteiger partial charge in [-0.3, -0.25) is 9.68 Å². The van der Waals surface area contributed by atoms with E-state index in [0.717, 1.165) is 42.4 Å². The maximum Gasteiger partial charge on any atom is 0.353 e. The van der Waals surface area contributed by atoms with Crippen LogP contribution < -0.4 is 0 Å². The van der Waals surface area contributed by atoms with Crippen LogP contribution in [0.2, 0.25) is 0 Å². The first-order chi connectivity index (χ1) is 11.8. The first-order valence-electron chi connectivity index (χ1n) is 8.87. The van der Waals surface area contributed by atoms with Crippen LogP contribution >= 0.6 is 0 Å². The lowest BCUT2D eigenvalue weighted by Gasteiger charge is -2.22. The average Bonchev–Trinajstić information content (AvgIpc) is 3.05. The Bertz CT molecular complexity index is 608. The molecule has 1 aromatic carbocycles. The van der Waals surface area contributed by atoms with Crippen LogP contribution in [0.3, 0.4) is 0 Å². The van der Waals surface area contributed by atoms with Crippen LogP contribution in [0.5, 0.6) is 0 Å². The lowest BCUT2D eigenvalue weighted by molar-refractivity contribution is -0.344. The van der Waals surface area contributed by atoms with Crippen molar-refractivity contribution in [2.75, 3.05) is 7.11 Å². The van der Waals surface area contributed by atoms with Gasteiger partial charge in [-0.05, 0) is 57.6 Å². The Kier molecular flexibility index (Phi) is 6.73. The van der Waals surface area contributed by atoms with E-state index < -0.39 is 18.2 Å². The van der Waals surface area contributed by atoms with Crippen LogP contribution in [0.15, 0.2) is 12.1 Å². The topological polar surface area (TPSA) is 61.8 Å². The Hall–Kier alpha value is -1.72. The zero-order valence-electron chi connectivity index (χ0n) is 15.8. The molecule has 2 unspecified atom stereocenters. The molecule has 2 atom stereocenters. The highest BCUT2D eigenvalue weighted by molar-refractivity contribution is 6.10. The summed E-state index contributed by atoms with van der Waals surface area (Å²) >= 11 is 0. The highest BCUT2D eigenvalue weighted by Gasteiger charge is 2.39. The van der Waals surface area contributed by atoms with Crippen molar-refractivity contribution in [3.05, 3.63) is 34.4 Å². The van der Waals surface area contributed by atoms with Gasteiger partial charge in [0.25, 0.3) is 0 Å². The van der Waals surface area contributed by atoms with Crippen LogP contribution in [0.25, 0.3) is 0 Å². The van der Waals surface area contributed by atoms with E-state index in [0.29, 0.717) is 5.56 Å². The number of ether oxygens (including phenoxy) is 1. The van der Waals surface area contributed by atoms with Crippen LogP contribution in [0.1, 0.15) is 59.7 Å². The summed E-state index contributed by atoms with van der Waals surface area (Å²) in [6.07, 6.45) is 3.10. The van der Waals surface area contributed by atoms with Gasteiger partial charge >= 0.3 is 5.97 Å². The van der Waals surface area contributed by atoms with Gasteiger partial charge in [0.1, 0.15) is 5.92 Å². The van der Waals surface area contributed by atoms with E-state index in [1.807, 2.05) is 32.9 Å². The molecule has 0 spiro atoms. The van der Waals surface area contributed by atoms with Gasteiger partial charge in [-0.1, -0.05) is 30.5 Å². The normalized spacial score (nSPS) is 17.3. The third-order valence-electron chi connectivity index (χ3n) is 4.93.